The van der Waals surface area contributed by atoms with Gasteiger partial charge in [0.1, 0.15) is 18.3 Å². The average molecular weight is 465 g/mol. The molecule has 0 saturated carbocycles. The number of hydrogen-bond donors (Lipinski definition) is 2. The third-order valence-electron chi connectivity index (χ3n) is 5.22. The molecular weight excluding hydrogens is 443 g/mol. The zero-order chi connectivity index (χ0) is 24.2. The van der Waals surface area contributed by atoms with Crippen molar-refractivity contribution in [1.29, 1.82) is 0 Å². The number of likely N-dealkylation sites (tertiary alicyclic amines) is 1. The molecule has 12 heteroatoms. The molecule has 1 aliphatic heterocycles. The standard InChI is InChI=1S/C21H22F3N5O4/c1-13(15-5-2-3-9-25-15)27-16-8-7-14(11-18(16)29(32)33)20(31)28-10-4-6-17(28)19(30)26-12-21(22,23)24/h2-3,5,7-9,11,13,17,27H,4,6,10,12H2,1H3,(H,26,30). The molecule has 1 saturated heterocycles. The lowest BCUT2D eigenvalue weighted by molar-refractivity contribution is -0.384. The van der Waals surface area contributed by atoms with Crippen molar-refractivity contribution in [2.75, 3.05) is 18.4 Å². The van der Waals surface area contributed by atoms with Gasteiger partial charge in [0.05, 0.1) is 16.7 Å². The van der Waals surface area contributed by atoms with Crippen LogP contribution in [0.3, 0.4) is 0 Å². The van der Waals surface area contributed by atoms with Crippen LogP contribution in [0.15, 0.2) is 42.6 Å². The molecule has 1 fully saturated rings. The van der Waals surface area contributed by atoms with Crippen LogP contribution in [0, 0.1) is 10.1 Å². The van der Waals surface area contributed by atoms with E-state index in [9.17, 15) is 32.9 Å². The number of rotatable bonds is 7. The number of halogens is 3. The molecule has 33 heavy (non-hydrogen) atoms. The first-order valence-corrected chi connectivity index (χ1v) is 10.2. The minimum atomic E-state index is -4.57. The van der Waals surface area contributed by atoms with Gasteiger partial charge in [0.15, 0.2) is 0 Å². The van der Waals surface area contributed by atoms with E-state index in [1.165, 1.54) is 12.1 Å². The number of carbonyl (C=O) groups excluding carboxylic acids is 2. The SMILES string of the molecule is CC(Nc1ccc(C(=O)N2CCCC2C(=O)NCC(F)(F)F)cc1[N+](=O)[O-])c1ccccn1. The number of nitro benzene ring substituents is 1. The number of amides is 2. The Morgan fingerprint density at radius 3 is 2.70 bits per heavy atom. The van der Waals surface area contributed by atoms with Crippen LogP contribution in [-0.2, 0) is 4.79 Å². The van der Waals surface area contributed by atoms with Gasteiger partial charge >= 0.3 is 6.18 Å². The molecule has 176 valence electrons. The molecule has 2 atom stereocenters. The zero-order valence-corrected chi connectivity index (χ0v) is 17.6. The summed E-state index contributed by atoms with van der Waals surface area (Å²) in [6.45, 7) is 0.442. The normalized spacial score (nSPS) is 16.8. The molecule has 0 radical (unpaired) electrons. The van der Waals surface area contributed by atoms with Crippen LogP contribution < -0.4 is 10.6 Å². The largest absolute Gasteiger partial charge is 0.405 e. The minimum absolute atomic E-state index is 0.0340. The van der Waals surface area contributed by atoms with Crippen molar-refractivity contribution in [3.8, 4) is 0 Å². The van der Waals surface area contributed by atoms with Crippen LogP contribution in [0.25, 0.3) is 0 Å². The summed E-state index contributed by atoms with van der Waals surface area (Å²) in [7, 11) is 0. The Labute approximate surface area is 187 Å². The molecule has 3 rings (SSSR count). The summed E-state index contributed by atoms with van der Waals surface area (Å²) in [6, 6.07) is 7.73. The van der Waals surface area contributed by atoms with E-state index in [2.05, 4.69) is 10.3 Å². The second-order valence-corrected chi connectivity index (χ2v) is 7.60. The first-order chi connectivity index (χ1) is 15.6. The second-order valence-electron chi connectivity index (χ2n) is 7.60. The summed E-state index contributed by atoms with van der Waals surface area (Å²) in [5.41, 5.74) is 0.460. The van der Waals surface area contributed by atoms with Crippen LogP contribution in [0.5, 0.6) is 0 Å². The molecule has 2 amide bonds. The molecule has 0 aliphatic carbocycles. The highest BCUT2D eigenvalue weighted by Crippen LogP contribution is 2.30. The molecule has 2 heterocycles. The van der Waals surface area contributed by atoms with Crippen molar-refractivity contribution in [2.24, 2.45) is 0 Å². The molecule has 9 nitrogen and oxygen atoms in total. The molecule has 1 aromatic carbocycles. The Balaban J connectivity index is 1.78. The maximum Gasteiger partial charge on any atom is 0.405 e. The maximum atomic E-state index is 13.0. The predicted octanol–water partition coefficient (Wildman–Crippen LogP) is 3.45. The first-order valence-electron chi connectivity index (χ1n) is 10.2. The Hall–Kier alpha value is -3.70. The van der Waals surface area contributed by atoms with Gasteiger partial charge in [0.25, 0.3) is 11.6 Å². The number of nitrogens with zero attached hydrogens (tertiary/aromatic N) is 3. The van der Waals surface area contributed by atoms with E-state index in [0.717, 1.165) is 11.0 Å². The zero-order valence-electron chi connectivity index (χ0n) is 17.6. The summed E-state index contributed by atoms with van der Waals surface area (Å²) in [5, 5.41) is 16.4. The Kier molecular flexibility index (Phi) is 7.14. The summed E-state index contributed by atoms with van der Waals surface area (Å²) in [6.07, 6.45) is -2.34. The molecule has 1 aliphatic rings. The monoisotopic (exact) mass is 465 g/mol. The third kappa shape index (κ3) is 5.96. The van der Waals surface area contributed by atoms with Crippen LogP contribution >= 0.6 is 0 Å². The highest BCUT2D eigenvalue weighted by atomic mass is 19.4. The number of pyridine rings is 1. The topological polar surface area (TPSA) is 117 Å². The summed E-state index contributed by atoms with van der Waals surface area (Å²) < 4.78 is 37.2. The van der Waals surface area contributed by atoms with Crippen molar-refractivity contribution < 1.29 is 27.7 Å². The number of alkyl halides is 3. The summed E-state index contributed by atoms with van der Waals surface area (Å²) in [4.78, 5) is 41.5. The predicted molar refractivity (Wildman–Crippen MR) is 112 cm³/mol. The van der Waals surface area contributed by atoms with E-state index < -0.39 is 35.5 Å². The molecule has 1 aromatic heterocycles. The highest BCUT2D eigenvalue weighted by molar-refractivity contribution is 5.99. The Morgan fingerprint density at radius 1 is 1.30 bits per heavy atom. The van der Waals surface area contributed by atoms with Gasteiger partial charge in [-0.2, -0.15) is 13.2 Å². The van der Waals surface area contributed by atoms with Crippen LogP contribution in [0.1, 0.15) is 41.9 Å². The number of aromatic nitrogens is 1. The fourth-order valence-electron chi connectivity index (χ4n) is 3.63. The highest BCUT2D eigenvalue weighted by Gasteiger charge is 2.37. The number of nitro groups is 1. The van der Waals surface area contributed by atoms with Gasteiger partial charge in [-0.25, -0.2) is 0 Å². The third-order valence-corrected chi connectivity index (χ3v) is 5.22. The number of nitrogens with one attached hydrogen (secondary N) is 2. The molecule has 2 unspecified atom stereocenters. The Bertz CT molecular complexity index is 1030. The van der Waals surface area contributed by atoms with Gasteiger partial charge in [0.2, 0.25) is 5.91 Å². The van der Waals surface area contributed by atoms with Crippen LogP contribution in [-0.4, -0.2) is 51.9 Å². The fraction of sp³-hybridized carbons (Fsp3) is 0.381. The summed E-state index contributed by atoms with van der Waals surface area (Å²) in [5.74, 6) is -1.57. The lowest BCUT2D eigenvalue weighted by atomic mass is 10.1. The van der Waals surface area contributed by atoms with E-state index in [-0.39, 0.29) is 35.9 Å². The second kappa shape index (κ2) is 9.84. The number of anilines is 1. The van der Waals surface area contributed by atoms with E-state index in [1.54, 1.807) is 36.6 Å². The summed E-state index contributed by atoms with van der Waals surface area (Å²) >= 11 is 0. The van der Waals surface area contributed by atoms with Crippen molar-refractivity contribution in [3.63, 3.8) is 0 Å². The van der Waals surface area contributed by atoms with Crippen molar-refractivity contribution in [2.45, 2.75) is 38.0 Å². The van der Waals surface area contributed by atoms with E-state index in [4.69, 9.17) is 0 Å². The number of benzene rings is 1. The average Bonchev–Trinajstić information content (AvgIpc) is 3.27. The van der Waals surface area contributed by atoms with Gasteiger partial charge < -0.3 is 15.5 Å². The smallest absolute Gasteiger partial charge is 0.371 e. The van der Waals surface area contributed by atoms with Crippen molar-refractivity contribution in [1.82, 2.24) is 15.2 Å². The lowest BCUT2D eigenvalue weighted by Crippen LogP contribution is -2.48. The number of carbonyl (C=O) groups is 2. The maximum absolute atomic E-state index is 13.0. The van der Waals surface area contributed by atoms with Gasteiger partial charge in [-0.3, -0.25) is 24.7 Å². The van der Waals surface area contributed by atoms with Crippen LogP contribution in [0.4, 0.5) is 24.5 Å². The first kappa shape index (κ1) is 24.0. The van der Waals surface area contributed by atoms with Crippen molar-refractivity contribution in [3.05, 3.63) is 64.0 Å². The fourth-order valence-corrected chi connectivity index (χ4v) is 3.63. The van der Waals surface area contributed by atoms with Gasteiger partial charge in [-0.05, 0) is 44.0 Å². The minimum Gasteiger partial charge on any atom is -0.371 e. The molecule has 0 bridgehead atoms. The van der Waals surface area contributed by atoms with Crippen LogP contribution in [0.2, 0.25) is 0 Å². The van der Waals surface area contributed by atoms with E-state index in [1.807, 2.05) is 0 Å². The van der Waals surface area contributed by atoms with E-state index in [0.29, 0.717) is 12.1 Å². The van der Waals surface area contributed by atoms with Gasteiger partial charge in [0, 0.05) is 24.4 Å². The lowest BCUT2D eigenvalue weighted by Gasteiger charge is -2.24. The van der Waals surface area contributed by atoms with E-state index >= 15 is 0 Å². The quantitative estimate of drug-likeness (QED) is 0.478. The molecular formula is C21H22F3N5O4. The Morgan fingerprint density at radius 2 is 2.06 bits per heavy atom. The molecule has 2 aromatic rings. The van der Waals surface area contributed by atoms with Gasteiger partial charge in [-0.15, -0.1) is 0 Å². The van der Waals surface area contributed by atoms with Gasteiger partial charge in [-0.1, -0.05) is 6.07 Å². The van der Waals surface area contributed by atoms with Crippen molar-refractivity contribution >= 4 is 23.2 Å². The number of hydrogen-bond acceptors (Lipinski definition) is 6. The molecule has 2 N–H and O–H groups in total. The molecule has 0 spiro atoms.